The molecule has 2 aromatic carbocycles. The van der Waals surface area contributed by atoms with Gasteiger partial charge in [0.05, 0.1) is 5.54 Å². The highest BCUT2D eigenvalue weighted by atomic mass is 16.5. The Bertz CT molecular complexity index is 1060. The summed E-state index contributed by atoms with van der Waals surface area (Å²) in [7, 11) is 0. The van der Waals surface area contributed by atoms with Crippen molar-refractivity contribution < 1.29 is 4.74 Å². The first-order valence-corrected chi connectivity index (χ1v) is 10.6. The van der Waals surface area contributed by atoms with Crippen molar-refractivity contribution in [2.75, 3.05) is 5.32 Å². The first-order chi connectivity index (χ1) is 13.6. The van der Waals surface area contributed by atoms with Crippen LogP contribution in [0.4, 0.5) is 5.69 Å². The lowest BCUT2D eigenvalue weighted by molar-refractivity contribution is 0.201. The van der Waals surface area contributed by atoms with Crippen LogP contribution < -0.4 is 10.1 Å². The third kappa shape index (κ3) is 3.39. The minimum absolute atomic E-state index is 0.0239. The molecular weight excluding hydrogens is 354 g/mol. The van der Waals surface area contributed by atoms with Crippen molar-refractivity contribution >= 4 is 11.3 Å². The Labute approximate surface area is 175 Å². The average molecular weight is 388 g/mol. The zero-order valence-electron chi connectivity index (χ0n) is 19.1. The summed E-state index contributed by atoms with van der Waals surface area (Å²) in [5, 5.41) is 3.71. The maximum atomic E-state index is 6.69. The van der Waals surface area contributed by atoms with Crippen molar-refractivity contribution in [3.63, 3.8) is 0 Å². The molecule has 2 heterocycles. The van der Waals surface area contributed by atoms with Crippen LogP contribution in [0.5, 0.6) is 5.75 Å². The number of anilines is 1. The van der Waals surface area contributed by atoms with Gasteiger partial charge in [-0.1, -0.05) is 23.3 Å². The molecule has 1 unspecified atom stereocenters. The Morgan fingerprint density at radius 1 is 1.00 bits per heavy atom. The number of benzene rings is 2. The topological polar surface area (TPSA) is 21.3 Å². The normalized spacial score (nSPS) is 18.5. The number of aryl methyl sites for hydroxylation is 2. The minimum Gasteiger partial charge on any atom is -0.485 e. The highest BCUT2D eigenvalue weighted by Crippen LogP contribution is 2.51. The van der Waals surface area contributed by atoms with Crippen LogP contribution in [0.25, 0.3) is 16.7 Å². The maximum absolute atomic E-state index is 6.69. The molecule has 2 heteroatoms. The highest BCUT2D eigenvalue weighted by molar-refractivity contribution is 5.90. The van der Waals surface area contributed by atoms with E-state index in [0.29, 0.717) is 0 Å². The number of hydrogen-bond donors (Lipinski definition) is 1. The molecule has 0 fully saturated rings. The first-order valence-electron chi connectivity index (χ1n) is 10.6. The van der Waals surface area contributed by atoms with Gasteiger partial charge in [0.25, 0.3) is 0 Å². The summed E-state index contributed by atoms with van der Waals surface area (Å²) in [5.74, 6) is 1.01. The molecule has 1 N–H and O–H groups in total. The third-order valence-corrected chi connectivity index (χ3v) is 6.50. The molecule has 4 rings (SSSR count). The van der Waals surface area contributed by atoms with E-state index in [-0.39, 0.29) is 11.6 Å². The van der Waals surface area contributed by atoms with Gasteiger partial charge in [0, 0.05) is 28.8 Å². The molecule has 0 saturated carbocycles. The van der Waals surface area contributed by atoms with E-state index >= 15 is 0 Å². The molecule has 0 aromatic heterocycles. The van der Waals surface area contributed by atoms with Crippen molar-refractivity contribution in [2.24, 2.45) is 0 Å². The summed E-state index contributed by atoms with van der Waals surface area (Å²) in [6, 6.07) is 9.04. The van der Waals surface area contributed by atoms with Gasteiger partial charge in [0.1, 0.15) is 11.9 Å². The molecule has 152 valence electrons. The summed E-state index contributed by atoms with van der Waals surface area (Å²) >= 11 is 0. The molecule has 0 bridgehead atoms. The molecule has 0 radical (unpaired) electrons. The van der Waals surface area contributed by atoms with Crippen LogP contribution in [-0.4, -0.2) is 5.54 Å². The number of fused-ring (bicyclic) bond motifs is 5. The lowest BCUT2D eigenvalue weighted by Crippen LogP contribution is -2.32. The molecule has 0 spiro atoms. The lowest BCUT2D eigenvalue weighted by Gasteiger charge is -2.37. The molecule has 0 aliphatic carbocycles. The third-order valence-electron chi connectivity index (χ3n) is 6.50. The minimum atomic E-state index is -0.0439. The van der Waals surface area contributed by atoms with E-state index in [1.54, 1.807) is 0 Å². The predicted octanol–water partition coefficient (Wildman–Crippen LogP) is 7.76. The Hall–Kier alpha value is -2.48. The fourth-order valence-corrected chi connectivity index (χ4v) is 4.65. The predicted molar refractivity (Wildman–Crippen MR) is 125 cm³/mol. The molecule has 29 heavy (non-hydrogen) atoms. The van der Waals surface area contributed by atoms with Crippen molar-refractivity contribution in [1.29, 1.82) is 0 Å². The number of allylic oxidation sites excluding steroid dienone is 2. The molecule has 0 saturated heterocycles. The van der Waals surface area contributed by atoms with Gasteiger partial charge < -0.3 is 10.1 Å². The maximum Gasteiger partial charge on any atom is 0.129 e. The molecule has 0 amide bonds. The van der Waals surface area contributed by atoms with Gasteiger partial charge in [0.15, 0.2) is 0 Å². The van der Waals surface area contributed by atoms with Gasteiger partial charge >= 0.3 is 0 Å². The van der Waals surface area contributed by atoms with Gasteiger partial charge in [-0.2, -0.15) is 0 Å². The van der Waals surface area contributed by atoms with Crippen molar-refractivity contribution in [3.05, 3.63) is 63.7 Å². The smallest absolute Gasteiger partial charge is 0.129 e. The Morgan fingerprint density at radius 3 is 2.38 bits per heavy atom. The molecule has 2 aromatic rings. The van der Waals surface area contributed by atoms with E-state index in [2.05, 4.69) is 91.0 Å². The molecule has 1 atom stereocenters. The van der Waals surface area contributed by atoms with Gasteiger partial charge in [-0.3, -0.25) is 0 Å². The van der Waals surface area contributed by atoms with Crippen LogP contribution in [0, 0.1) is 13.8 Å². The van der Waals surface area contributed by atoms with Crippen LogP contribution >= 0.6 is 0 Å². The largest absolute Gasteiger partial charge is 0.485 e. The summed E-state index contributed by atoms with van der Waals surface area (Å²) in [6.45, 7) is 17.6. The Kier molecular flexibility index (Phi) is 4.64. The lowest BCUT2D eigenvalue weighted by atomic mass is 9.80. The van der Waals surface area contributed by atoms with Crippen LogP contribution in [0.15, 0.2) is 41.5 Å². The second kappa shape index (κ2) is 6.79. The standard InChI is InChI=1S/C27H33NO/c1-15(2)16(3)12-24-26-20(21-11-17(4)18(5)13-23(21)29-24)9-10-22-25(26)19(6)14-27(7,8)28-22/h9-11,13-14,24,28H,12H2,1-8H3. The van der Waals surface area contributed by atoms with Crippen LogP contribution in [0.3, 0.4) is 0 Å². The quantitative estimate of drug-likeness (QED) is 0.532. The van der Waals surface area contributed by atoms with E-state index in [4.69, 9.17) is 4.74 Å². The van der Waals surface area contributed by atoms with Crippen molar-refractivity contribution in [3.8, 4) is 16.9 Å². The number of rotatable bonds is 2. The highest BCUT2D eigenvalue weighted by Gasteiger charge is 2.34. The summed E-state index contributed by atoms with van der Waals surface area (Å²) in [6.07, 6.45) is 3.28. The fourth-order valence-electron chi connectivity index (χ4n) is 4.65. The Morgan fingerprint density at radius 2 is 1.69 bits per heavy atom. The van der Waals surface area contributed by atoms with Gasteiger partial charge in [-0.05, 0) is 95.9 Å². The Balaban J connectivity index is 1.98. The second-order valence-corrected chi connectivity index (χ2v) is 9.65. The van der Waals surface area contributed by atoms with E-state index < -0.39 is 0 Å². The number of nitrogens with one attached hydrogen (secondary N) is 1. The first kappa shape index (κ1) is 19.8. The van der Waals surface area contributed by atoms with Gasteiger partial charge in [-0.15, -0.1) is 0 Å². The monoisotopic (exact) mass is 387 g/mol. The molecular formula is C27H33NO. The van der Waals surface area contributed by atoms with E-state index in [9.17, 15) is 0 Å². The van der Waals surface area contributed by atoms with Crippen LogP contribution in [-0.2, 0) is 0 Å². The van der Waals surface area contributed by atoms with E-state index in [0.717, 1.165) is 12.2 Å². The SMILES string of the molecule is CC1=CC(C)(C)Nc2ccc3c(c21)C(CC(C)=C(C)C)Oc1cc(C)c(C)cc1-3. The zero-order valence-corrected chi connectivity index (χ0v) is 19.1. The summed E-state index contributed by atoms with van der Waals surface area (Å²) in [5.41, 5.74) is 13.0. The zero-order chi connectivity index (χ0) is 21.1. The number of ether oxygens (including phenoxy) is 1. The number of hydrogen-bond acceptors (Lipinski definition) is 2. The van der Waals surface area contributed by atoms with E-state index in [1.807, 2.05) is 0 Å². The van der Waals surface area contributed by atoms with Crippen molar-refractivity contribution in [2.45, 2.75) is 73.5 Å². The molecule has 2 aliphatic heterocycles. The van der Waals surface area contributed by atoms with Gasteiger partial charge in [0.2, 0.25) is 0 Å². The summed E-state index contributed by atoms with van der Waals surface area (Å²) in [4.78, 5) is 0. The van der Waals surface area contributed by atoms with Gasteiger partial charge in [-0.25, -0.2) is 0 Å². The van der Waals surface area contributed by atoms with Crippen molar-refractivity contribution in [1.82, 2.24) is 0 Å². The van der Waals surface area contributed by atoms with Crippen LogP contribution in [0.1, 0.15) is 76.3 Å². The summed E-state index contributed by atoms with van der Waals surface area (Å²) < 4.78 is 6.69. The average Bonchev–Trinajstić information content (AvgIpc) is 2.61. The second-order valence-electron chi connectivity index (χ2n) is 9.65. The fraction of sp³-hybridized carbons (Fsp3) is 0.407. The molecule has 2 nitrogen and oxygen atoms in total. The van der Waals surface area contributed by atoms with E-state index in [1.165, 1.54) is 55.8 Å². The van der Waals surface area contributed by atoms with Crippen LogP contribution in [0.2, 0.25) is 0 Å². The molecule has 2 aliphatic rings.